The molecule has 1 saturated carbocycles. The van der Waals surface area contributed by atoms with Crippen molar-refractivity contribution in [1.82, 2.24) is 10.3 Å². The van der Waals surface area contributed by atoms with Crippen LogP contribution in [0.2, 0.25) is 0 Å². The van der Waals surface area contributed by atoms with E-state index in [9.17, 15) is 18.8 Å². The smallest absolute Gasteiger partial charge is 0.271 e. The molecule has 1 aromatic carbocycles. The zero-order chi connectivity index (χ0) is 19.1. The van der Waals surface area contributed by atoms with Crippen molar-refractivity contribution >= 4 is 28.1 Å². The highest BCUT2D eigenvalue weighted by Crippen LogP contribution is 2.40. The molecular weight excluding hydrogens is 358 g/mol. The Hall–Kier alpha value is -2.53. The number of carbonyl (C=O) groups is 1. The van der Waals surface area contributed by atoms with Gasteiger partial charge in [0.15, 0.2) is 6.19 Å². The van der Waals surface area contributed by atoms with Crippen molar-refractivity contribution in [2.45, 2.75) is 39.7 Å². The third-order valence-corrected chi connectivity index (χ3v) is 5.68. The number of hydrogen-bond donors (Lipinski definition) is 1. The minimum absolute atomic E-state index is 0.0193. The van der Waals surface area contributed by atoms with Crippen LogP contribution in [-0.2, 0) is 0 Å². The third-order valence-electron chi connectivity index (χ3n) is 4.72. The number of benzene rings is 1. The Balaban J connectivity index is 1.86. The number of hydrogen-bond acceptors (Lipinski definition) is 5. The van der Waals surface area contributed by atoms with E-state index in [1.807, 2.05) is 6.19 Å². The Kier molecular flexibility index (Phi) is 4.67. The van der Waals surface area contributed by atoms with Gasteiger partial charge in [0.1, 0.15) is 17.3 Å². The number of nitrogens with one attached hydrogen (secondary N) is 1. The van der Waals surface area contributed by atoms with Gasteiger partial charge >= 0.3 is 0 Å². The van der Waals surface area contributed by atoms with Gasteiger partial charge in [0.2, 0.25) is 5.13 Å². The van der Waals surface area contributed by atoms with Crippen LogP contribution in [0.4, 0.5) is 19.6 Å². The lowest BCUT2D eigenvalue weighted by atomic mass is 9.67. The summed E-state index contributed by atoms with van der Waals surface area (Å²) in [6.07, 6.45) is 3.83. The molecule has 136 valence electrons. The van der Waals surface area contributed by atoms with E-state index >= 15 is 0 Å². The fraction of sp³-hybridized carbons (Fsp3) is 0.389. The summed E-state index contributed by atoms with van der Waals surface area (Å²) >= 11 is 1.12. The van der Waals surface area contributed by atoms with E-state index in [2.05, 4.69) is 24.1 Å². The minimum Gasteiger partial charge on any atom is -0.347 e. The first kappa shape index (κ1) is 18.3. The number of thiazole rings is 1. The van der Waals surface area contributed by atoms with E-state index in [4.69, 9.17) is 0 Å². The number of nitrogens with zero attached hydrogens (tertiary/aromatic N) is 3. The van der Waals surface area contributed by atoms with Crippen molar-refractivity contribution in [3.8, 4) is 6.19 Å². The average Bonchev–Trinajstić information content (AvgIpc) is 2.93. The minimum atomic E-state index is -0.793. The fourth-order valence-electron chi connectivity index (χ4n) is 2.93. The molecule has 0 spiro atoms. The maximum absolute atomic E-state index is 13.5. The van der Waals surface area contributed by atoms with Gasteiger partial charge in [-0.3, -0.25) is 4.79 Å². The summed E-state index contributed by atoms with van der Waals surface area (Å²) in [5.74, 6) is -1.89. The van der Waals surface area contributed by atoms with Gasteiger partial charge in [0, 0.05) is 17.0 Å². The van der Waals surface area contributed by atoms with Crippen LogP contribution in [-0.4, -0.2) is 16.9 Å². The van der Waals surface area contributed by atoms with Gasteiger partial charge in [-0.15, -0.1) is 11.3 Å². The Labute approximate surface area is 154 Å². The lowest BCUT2D eigenvalue weighted by Gasteiger charge is -2.44. The highest BCUT2D eigenvalue weighted by molar-refractivity contribution is 7.16. The molecule has 1 aromatic heterocycles. The van der Waals surface area contributed by atoms with E-state index < -0.39 is 11.6 Å². The average molecular weight is 376 g/mol. The summed E-state index contributed by atoms with van der Waals surface area (Å²) in [6.45, 7) is 5.91. The molecule has 0 aliphatic heterocycles. The second-order valence-electron chi connectivity index (χ2n) is 7.02. The molecule has 0 saturated heterocycles. The predicted molar refractivity (Wildman–Crippen MR) is 95.2 cm³/mol. The lowest BCUT2D eigenvalue weighted by Crippen LogP contribution is -2.52. The van der Waals surface area contributed by atoms with Gasteiger partial charge in [0.25, 0.3) is 5.91 Å². The van der Waals surface area contributed by atoms with E-state index in [-0.39, 0.29) is 33.9 Å². The molecule has 1 aliphatic carbocycles. The summed E-state index contributed by atoms with van der Waals surface area (Å²) < 4.78 is 26.9. The van der Waals surface area contributed by atoms with Gasteiger partial charge in [-0.2, -0.15) is 5.26 Å². The molecule has 1 atom stereocenters. The predicted octanol–water partition coefficient (Wildman–Crippen LogP) is 4.27. The number of rotatable bonds is 4. The van der Waals surface area contributed by atoms with Crippen molar-refractivity contribution in [1.29, 1.82) is 5.26 Å². The maximum atomic E-state index is 13.5. The van der Waals surface area contributed by atoms with Crippen LogP contribution in [0.3, 0.4) is 0 Å². The molecule has 5 nitrogen and oxygen atoms in total. The normalized spacial score (nSPS) is 17.9. The molecule has 1 heterocycles. The van der Waals surface area contributed by atoms with E-state index in [0.717, 1.165) is 47.3 Å². The number of aryl methyl sites for hydroxylation is 1. The topological polar surface area (TPSA) is 69.0 Å². The van der Waals surface area contributed by atoms with Crippen LogP contribution in [0.25, 0.3) is 0 Å². The van der Waals surface area contributed by atoms with E-state index in [1.165, 1.54) is 0 Å². The van der Waals surface area contributed by atoms with Crippen molar-refractivity contribution in [3.05, 3.63) is 40.4 Å². The molecule has 26 heavy (non-hydrogen) atoms. The second-order valence-corrected chi connectivity index (χ2v) is 8.20. The van der Waals surface area contributed by atoms with Crippen LogP contribution in [0.1, 0.15) is 42.1 Å². The van der Waals surface area contributed by atoms with Crippen LogP contribution in [0.15, 0.2) is 18.2 Å². The quantitative estimate of drug-likeness (QED) is 0.639. The number of halogens is 2. The monoisotopic (exact) mass is 376 g/mol. The fourth-order valence-corrected chi connectivity index (χ4v) is 3.81. The molecule has 3 rings (SSSR count). The molecule has 1 fully saturated rings. The number of amides is 1. The maximum Gasteiger partial charge on any atom is 0.271 e. The van der Waals surface area contributed by atoms with Crippen LogP contribution < -0.4 is 10.2 Å². The third kappa shape index (κ3) is 3.40. The van der Waals surface area contributed by atoms with E-state index in [0.29, 0.717) is 4.88 Å². The van der Waals surface area contributed by atoms with Gasteiger partial charge in [0.05, 0.1) is 5.69 Å². The van der Waals surface area contributed by atoms with Gasteiger partial charge in [-0.1, -0.05) is 13.8 Å². The molecule has 8 heteroatoms. The van der Waals surface area contributed by atoms with Gasteiger partial charge < -0.3 is 5.32 Å². The zero-order valence-corrected chi connectivity index (χ0v) is 15.5. The first-order valence-electron chi connectivity index (χ1n) is 8.15. The van der Waals surface area contributed by atoms with Crippen LogP contribution >= 0.6 is 11.3 Å². The zero-order valence-electron chi connectivity index (χ0n) is 14.6. The van der Waals surface area contributed by atoms with Gasteiger partial charge in [-0.05, 0) is 37.3 Å². The number of nitriles is 1. The number of carbonyl (C=O) groups excluding carboxylic acids is 1. The molecule has 1 amide bonds. The summed E-state index contributed by atoms with van der Waals surface area (Å²) in [4.78, 5) is 18.4. The van der Waals surface area contributed by atoms with Crippen molar-refractivity contribution in [3.63, 3.8) is 0 Å². The van der Waals surface area contributed by atoms with Crippen LogP contribution in [0.5, 0.6) is 0 Å². The van der Waals surface area contributed by atoms with Crippen molar-refractivity contribution in [2.75, 3.05) is 4.90 Å². The molecule has 1 aliphatic rings. The SMILES string of the molecule is Cc1sc(N(C#N)c2cc(F)cc(F)c2)nc1C(=O)N[C@@H]1CCC1(C)C. The van der Waals surface area contributed by atoms with Crippen molar-refractivity contribution in [2.24, 2.45) is 5.41 Å². The van der Waals surface area contributed by atoms with Crippen LogP contribution in [0, 0.1) is 35.4 Å². The summed E-state index contributed by atoms with van der Waals surface area (Å²) in [6, 6.07) is 2.90. The Bertz CT molecular complexity index is 883. The molecular formula is C18H18F2N4OS. The summed E-state index contributed by atoms with van der Waals surface area (Å²) in [5.41, 5.74) is 0.302. The molecule has 2 aromatic rings. The molecule has 0 bridgehead atoms. The Morgan fingerprint density at radius 3 is 2.54 bits per heavy atom. The van der Waals surface area contributed by atoms with Crippen molar-refractivity contribution < 1.29 is 13.6 Å². The largest absolute Gasteiger partial charge is 0.347 e. The number of anilines is 2. The Morgan fingerprint density at radius 1 is 1.38 bits per heavy atom. The standard InChI is InChI=1S/C18H18F2N4OS/c1-10-15(16(25)22-14-4-5-18(14,2)3)23-17(26-10)24(9-21)13-7-11(19)6-12(20)8-13/h6-8,14H,4-5H2,1-3H3,(H,22,25)/t14-/m1/s1. The summed E-state index contributed by atoms with van der Waals surface area (Å²) in [7, 11) is 0. The Morgan fingerprint density at radius 2 is 2.04 bits per heavy atom. The lowest BCUT2D eigenvalue weighted by molar-refractivity contribution is 0.0728. The first-order valence-corrected chi connectivity index (χ1v) is 8.97. The molecule has 0 unspecified atom stereocenters. The van der Waals surface area contributed by atoms with Gasteiger partial charge in [-0.25, -0.2) is 18.7 Å². The first-order chi connectivity index (χ1) is 12.2. The highest BCUT2D eigenvalue weighted by atomic mass is 32.1. The molecule has 0 radical (unpaired) electrons. The van der Waals surface area contributed by atoms with E-state index in [1.54, 1.807) is 6.92 Å². The number of aromatic nitrogens is 1. The molecule has 1 N–H and O–H groups in total. The summed E-state index contributed by atoms with van der Waals surface area (Å²) in [5, 5.41) is 12.6. The highest BCUT2D eigenvalue weighted by Gasteiger charge is 2.39. The second kappa shape index (κ2) is 6.65.